The van der Waals surface area contributed by atoms with Gasteiger partial charge in [0.25, 0.3) is 0 Å². The zero-order valence-electron chi connectivity index (χ0n) is 13.0. The number of hydrogen-bond donors (Lipinski definition) is 1. The smallest absolute Gasteiger partial charge is 0.244 e. The Morgan fingerprint density at radius 3 is 2.81 bits per heavy atom. The summed E-state index contributed by atoms with van der Waals surface area (Å²) in [4.78, 5) is 2.33. The highest BCUT2D eigenvalue weighted by molar-refractivity contribution is 7.89. The molecule has 7 heteroatoms. The number of likely N-dealkylation sites (N-methyl/N-ethyl adjacent to an activating group) is 1. The first kappa shape index (κ1) is 16.9. The van der Waals surface area contributed by atoms with Crippen molar-refractivity contribution in [2.45, 2.75) is 50.8 Å². The maximum Gasteiger partial charge on any atom is 0.244 e. The molecule has 2 atom stereocenters. The van der Waals surface area contributed by atoms with Gasteiger partial charge in [0, 0.05) is 30.0 Å². The van der Waals surface area contributed by atoms with Gasteiger partial charge in [-0.1, -0.05) is 6.92 Å². The second-order valence-corrected chi connectivity index (χ2v) is 8.67. The molecule has 1 fully saturated rings. The minimum atomic E-state index is -3.45. The lowest BCUT2D eigenvalue weighted by molar-refractivity contribution is 0.102. The summed E-state index contributed by atoms with van der Waals surface area (Å²) in [6, 6.07) is 1.72. The molecule has 1 aromatic heterocycles. The van der Waals surface area contributed by atoms with Crippen LogP contribution in [0.3, 0.4) is 0 Å². The minimum Gasteiger partial charge on any atom is -0.377 e. The Labute approximate surface area is 131 Å². The van der Waals surface area contributed by atoms with Gasteiger partial charge >= 0.3 is 0 Å². The number of aryl methyl sites for hydroxylation is 1. The van der Waals surface area contributed by atoms with E-state index in [1.54, 1.807) is 24.5 Å². The lowest BCUT2D eigenvalue weighted by Gasteiger charge is -2.25. The molecule has 1 aliphatic rings. The van der Waals surface area contributed by atoms with Crippen LogP contribution in [0, 0.1) is 6.92 Å². The number of hydrogen-bond acceptors (Lipinski definition) is 5. The number of nitrogens with one attached hydrogen (secondary N) is 1. The number of ether oxygens (including phenoxy) is 1. The van der Waals surface area contributed by atoms with Gasteiger partial charge in [0.05, 0.1) is 17.0 Å². The Bertz CT molecular complexity index is 583. The summed E-state index contributed by atoms with van der Waals surface area (Å²) in [6.07, 6.45) is 0.703. The fourth-order valence-electron chi connectivity index (χ4n) is 2.65. The highest BCUT2D eigenvalue weighted by Crippen LogP contribution is 2.31. The van der Waals surface area contributed by atoms with E-state index in [0.29, 0.717) is 18.0 Å². The zero-order chi connectivity index (χ0) is 15.6. The van der Waals surface area contributed by atoms with Gasteiger partial charge in [0.15, 0.2) is 0 Å². The molecule has 120 valence electrons. The Hall–Kier alpha value is -0.470. The van der Waals surface area contributed by atoms with E-state index in [2.05, 4.69) is 5.32 Å². The van der Waals surface area contributed by atoms with Crippen molar-refractivity contribution in [3.63, 3.8) is 0 Å². The maximum atomic E-state index is 12.8. The first-order valence-corrected chi connectivity index (χ1v) is 9.53. The molecule has 0 bridgehead atoms. The van der Waals surface area contributed by atoms with E-state index >= 15 is 0 Å². The van der Waals surface area contributed by atoms with Crippen LogP contribution in [0.2, 0.25) is 0 Å². The second kappa shape index (κ2) is 6.75. The Morgan fingerprint density at radius 1 is 1.52 bits per heavy atom. The van der Waals surface area contributed by atoms with E-state index in [4.69, 9.17) is 4.74 Å². The molecule has 0 amide bonds. The summed E-state index contributed by atoms with van der Waals surface area (Å²) in [5.41, 5.74) is 0. The number of sulfonamides is 1. The third-order valence-corrected chi connectivity index (χ3v) is 7.12. The van der Waals surface area contributed by atoms with Crippen LogP contribution in [0.1, 0.15) is 30.0 Å². The Kier molecular flexibility index (Phi) is 5.43. The van der Waals surface area contributed by atoms with Gasteiger partial charge in [-0.25, -0.2) is 8.42 Å². The molecule has 2 heterocycles. The van der Waals surface area contributed by atoms with E-state index in [1.807, 2.05) is 20.8 Å². The van der Waals surface area contributed by atoms with Gasteiger partial charge in [-0.3, -0.25) is 0 Å². The topological polar surface area (TPSA) is 58.6 Å². The first-order chi connectivity index (χ1) is 9.87. The molecule has 21 heavy (non-hydrogen) atoms. The molecule has 1 N–H and O–H groups in total. The van der Waals surface area contributed by atoms with E-state index < -0.39 is 10.0 Å². The van der Waals surface area contributed by atoms with Crippen molar-refractivity contribution in [1.29, 1.82) is 0 Å². The summed E-state index contributed by atoms with van der Waals surface area (Å²) < 4.78 is 32.6. The normalized spacial score (nSPS) is 23.1. The molecule has 1 aromatic rings. The summed E-state index contributed by atoms with van der Waals surface area (Å²) in [5, 5.41) is 3.23. The molecule has 0 aromatic carbocycles. The van der Waals surface area contributed by atoms with Gasteiger partial charge in [-0.05, 0) is 32.9 Å². The number of rotatable bonds is 6. The average Bonchev–Trinajstić information content (AvgIpc) is 3.01. The molecule has 0 saturated carbocycles. The molecule has 2 rings (SSSR count). The SMILES string of the molecule is CCNCc1cc(S(=O)(=O)N(C)C2CCOC2C)c(C)s1. The molecule has 0 radical (unpaired) electrons. The minimum absolute atomic E-state index is 0.0510. The van der Waals surface area contributed by atoms with E-state index in [9.17, 15) is 8.42 Å². The van der Waals surface area contributed by atoms with Crippen molar-refractivity contribution in [1.82, 2.24) is 9.62 Å². The van der Waals surface area contributed by atoms with Gasteiger partial charge in [0.1, 0.15) is 0 Å². The van der Waals surface area contributed by atoms with Crippen LogP contribution < -0.4 is 5.32 Å². The third kappa shape index (κ3) is 3.48. The van der Waals surface area contributed by atoms with Gasteiger partial charge in [-0.15, -0.1) is 11.3 Å². The molecule has 2 unspecified atom stereocenters. The van der Waals surface area contributed by atoms with Crippen LogP contribution in [-0.2, 0) is 21.3 Å². The fourth-order valence-corrected chi connectivity index (χ4v) is 5.66. The Balaban J connectivity index is 2.24. The zero-order valence-corrected chi connectivity index (χ0v) is 14.7. The van der Waals surface area contributed by atoms with Crippen LogP contribution in [-0.4, -0.2) is 45.1 Å². The monoisotopic (exact) mass is 332 g/mol. The van der Waals surface area contributed by atoms with Crippen molar-refractivity contribution in [2.75, 3.05) is 20.2 Å². The predicted molar refractivity (Wildman–Crippen MR) is 85.2 cm³/mol. The number of thiophene rings is 1. The summed E-state index contributed by atoms with van der Waals surface area (Å²) in [6.45, 7) is 8.05. The van der Waals surface area contributed by atoms with E-state index in [-0.39, 0.29) is 12.1 Å². The predicted octanol–water partition coefficient (Wildman–Crippen LogP) is 1.96. The fraction of sp³-hybridized carbons (Fsp3) is 0.714. The van der Waals surface area contributed by atoms with Crippen molar-refractivity contribution < 1.29 is 13.2 Å². The lowest BCUT2D eigenvalue weighted by atomic mass is 10.2. The Morgan fingerprint density at radius 2 is 2.24 bits per heavy atom. The van der Waals surface area contributed by atoms with Crippen LogP contribution in [0.25, 0.3) is 0 Å². The maximum absolute atomic E-state index is 12.8. The van der Waals surface area contributed by atoms with Gasteiger partial charge in [-0.2, -0.15) is 4.31 Å². The standard InChI is InChI=1S/C14H24N2O3S2/c1-5-15-9-12-8-14(11(3)20-12)21(17,18)16(4)13-6-7-19-10(13)2/h8,10,13,15H,5-7,9H2,1-4H3. The van der Waals surface area contributed by atoms with Crippen molar-refractivity contribution in [2.24, 2.45) is 0 Å². The van der Waals surface area contributed by atoms with Crippen LogP contribution in [0.15, 0.2) is 11.0 Å². The van der Waals surface area contributed by atoms with Crippen LogP contribution in [0.5, 0.6) is 0 Å². The molecule has 5 nitrogen and oxygen atoms in total. The molecular weight excluding hydrogens is 308 g/mol. The second-order valence-electron chi connectivity index (χ2n) is 5.37. The van der Waals surface area contributed by atoms with Gasteiger partial charge < -0.3 is 10.1 Å². The lowest BCUT2D eigenvalue weighted by Crippen LogP contribution is -2.41. The molecule has 1 aliphatic heterocycles. The van der Waals surface area contributed by atoms with Crippen LogP contribution >= 0.6 is 11.3 Å². The summed E-state index contributed by atoms with van der Waals surface area (Å²) in [7, 11) is -1.80. The van der Waals surface area contributed by atoms with E-state index in [0.717, 1.165) is 22.7 Å². The molecule has 1 saturated heterocycles. The van der Waals surface area contributed by atoms with E-state index in [1.165, 1.54) is 4.31 Å². The van der Waals surface area contributed by atoms with Crippen molar-refractivity contribution in [3.05, 3.63) is 15.8 Å². The van der Waals surface area contributed by atoms with Gasteiger partial charge in [0.2, 0.25) is 10.0 Å². The first-order valence-electron chi connectivity index (χ1n) is 7.27. The molecular formula is C14H24N2O3S2. The quantitative estimate of drug-likeness (QED) is 0.865. The molecule has 0 spiro atoms. The highest BCUT2D eigenvalue weighted by atomic mass is 32.2. The highest BCUT2D eigenvalue weighted by Gasteiger charge is 2.36. The summed E-state index contributed by atoms with van der Waals surface area (Å²) >= 11 is 1.54. The summed E-state index contributed by atoms with van der Waals surface area (Å²) in [5.74, 6) is 0. The third-order valence-electron chi connectivity index (χ3n) is 3.93. The van der Waals surface area contributed by atoms with Crippen LogP contribution in [0.4, 0.5) is 0 Å². The average molecular weight is 332 g/mol. The number of nitrogens with zero attached hydrogens (tertiary/aromatic N) is 1. The molecule has 0 aliphatic carbocycles. The van der Waals surface area contributed by atoms with Crippen molar-refractivity contribution >= 4 is 21.4 Å². The van der Waals surface area contributed by atoms with Crippen molar-refractivity contribution in [3.8, 4) is 0 Å². The largest absolute Gasteiger partial charge is 0.377 e.